The van der Waals surface area contributed by atoms with Gasteiger partial charge in [0, 0.05) is 37.6 Å². The van der Waals surface area contributed by atoms with Gasteiger partial charge in [0.15, 0.2) is 0 Å². The number of carbonyl (C=O) groups excluding carboxylic acids is 1. The van der Waals surface area contributed by atoms with Crippen molar-refractivity contribution in [3.8, 4) is 0 Å². The van der Waals surface area contributed by atoms with Crippen molar-refractivity contribution < 1.29 is 9.53 Å². The molecule has 3 N–H and O–H groups in total. The fourth-order valence-corrected chi connectivity index (χ4v) is 2.20. The highest BCUT2D eigenvalue weighted by molar-refractivity contribution is 5.76. The van der Waals surface area contributed by atoms with Crippen molar-refractivity contribution >= 4 is 5.91 Å². The second kappa shape index (κ2) is 6.33. The van der Waals surface area contributed by atoms with Gasteiger partial charge in [-0.3, -0.25) is 9.69 Å². The van der Waals surface area contributed by atoms with Crippen LogP contribution >= 0.6 is 0 Å². The molecule has 1 heterocycles. The van der Waals surface area contributed by atoms with Crippen molar-refractivity contribution in [3.05, 3.63) is 0 Å². The lowest BCUT2D eigenvalue weighted by Gasteiger charge is -2.44. The first-order valence-electron chi connectivity index (χ1n) is 6.26. The molecule has 100 valence electrons. The van der Waals surface area contributed by atoms with E-state index in [1.807, 2.05) is 0 Å². The normalized spacial score (nSPS) is 22.5. The van der Waals surface area contributed by atoms with Crippen LogP contribution in [0.3, 0.4) is 0 Å². The van der Waals surface area contributed by atoms with Gasteiger partial charge in [-0.1, -0.05) is 0 Å². The molecule has 0 spiro atoms. The Labute approximate surface area is 104 Å². The number of hydrogen-bond donors (Lipinski definition) is 2. The van der Waals surface area contributed by atoms with Crippen LogP contribution in [0, 0.1) is 0 Å². The summed E-state index contributed by atoms with van der Waals surface area (Å²) in [6.07, 6.45) is 0.483. The van der Waals surface area contributed by atoms with Gasteiger partial charge >= 0.3 is 0 Å². The van der Waals surface area contributed by atoms with Gasteiger partial charge in [-0.05, 0) is 20.8 Å². The van der Waals surface area contributed by atoms with Crippen molar-refractivity contribution in [3.63, 3.8) is 0 Å². The van der Waals surface area contributed by atoms with Crippen LogP contribution in [0.1, 0.15) is 27.2 Å². The molecule has 0 aliphatic carbocycles. The van der Waals surface area contributed by atoms with Gasteiger partial charge in [0.1, 0.15) is 0 Å². The number of morpholine rings is 1. The summed E-state index contributed by atoms with van der Waals surface area (Å²) in [5.74, 6) is 0.0557. The molecular weight excluding hydrogens is 218 g/mol. The molecule has 0 saturated carbocycles. The molecule has 5 nitrogen and oxygen atoms in total. The predicted octanol–water partition coefficient (Wildman–Crippen LogP) is -0.0493. The maximum absolute atomic E-state index is 11.7. The third-order valence-electron chi connectivity index (χ3n) is 2.98. The maximum atomic E-state index is 11.7. The summed E-state index contributed by atoms with van der Waals surface area (Å²) in [5.41, 5.74) is 5.43. The van der Waals surface area contributed by atoms with E-state index >= 15 is 0 Å². The van der Waals surface area contributed by atoms with Crippen LogP contribution in [-0.2, 0) is 9.53 Å². The molecule has 1 unspecified atom stereocenters. The first kappa shape index (κ1) is 14.4. The van der Waals surface area contributed by atoms with Crippen LogP contribution < -0.4 is 11.1 Å². The van der Waals surface area contributed by atoms with Crippen molar-refractivity contribution in [1.29, 1.82) is 0 Å². The Balaban J connectivity index is 2.51. The summed E-state index contributed by atoms with van der Waals surface area (Å²) in [6.45, 7) is 9.80. The molecule has 0 aromatic carbocycles. The van der Waals surface area contributed by atoms with Gasteiger partial charge in [0.2, 0.25) is 5.91 Å². The van der Waals surface area contributed by atoms with Crippen molar-refractivity contribution in [2.45, 2.75) is 38.8 Å². The van der Waals surface area contributed by atoms with Gasteiger partial charge in [-0.25, -0.2) is 0 Å². The average molecular weight is 243 g/mol. The number of hydrogen-bond acceptors (Lipinski definition) is 4. The molecule has 1 saturated heterocycles. The van der Waals surface area contributed by atoms with Crippen LogP contribution in [0.25, 0.3) is 0 Å². The van der Waals surface area contributed by atoms with Gasteiger partial charge in [-0.15, -0.1) is 0 Å². The van der Waals surface area contributed by atoms with Crippen LogP contribution in [0.4, 0.5) is 0 Å². The Kier molecular flexibility index (Phi) is 5.36. The number of carbonyl (C=O) groups is 1. The van der Waals surface area contributed by atoms with E-state index in [4.69, 9.17) is 10.5 Å². The van der Waals surface area contributed by atoms with E-state index in [2.05, 4.69) is 31.0 Å². The molecule has 1 atom stereocenters. The minimum absolute atomic E-state index is 0.0557. The molecule has 17 heavy (non-hydrogen) atoms. The lowest BCUT2D eigenvalue weighted by Crippen LogP contribution is -2.55. The minimum atomic E-state index is 0.0557. The van der Waals surface area contributed by atoms with E-state index < -0.39 is 0 Å². The van der Waals surface area contributed by atoms with Gasteiger partial charge < -0.3 is 15.8 Å². The third-order valence-corrected chi connectivity index (χ3v) is 2.98. The average Bonchev–Trinajstić information content (AvgIpc) is 2.25. The zero-order valence-electron chi connectivity index (χ0n) is 11.2. The second-order valence-electron chi connectivity index (χ2n) is 5.44. The fraction of sp³-hybridized carbons (Fsp3) is 0.917. The number of nitrogens with two attached hydrogens (primary N) is 1. The largest absolute Gasteiger partial charge is 0.378 e. The van der Waals surface area contributed by atoms with E-state index in [0.717, 1.165) is 13.2 Å². The summed E-state index contributed by atoms with van der Waals surface area (Å²) in [7, 11) is 0. The fourth-order valence-electron chi connectivity index (χ4n) is 2.20. The van der Waals surface area contributed by atoms with Crippen molar-refractivity contribution in [1.82, 2.24) is 10.2 Å². The Morgan fingerprint density at radius 3 is 2.82 bits per heavy atom. The molecule has 0 aromatic heterocycles. The smallest absolute Gasteiger partial charge is 0.221 e. The van der Waals surface area contributed by atoms with E-state index in [0.29, 0.717) is 26.1 Å². The summed E-state index contributed by atoms with van der Waals surface area (Å²) < 4.78 is 5.47. The molecule has 1 aliphatic rings. The van der Waals surface area contributed by atoms with E-state index in [1.165, 1.54) is 0 Å². The monoisotopic (exact) mass is 243 g/mol. The predicted molar refractivity (Wildman–Crippen MR) is 67.7 cm³/mol. The van der Waals surface area contributed by atoms with Gasteiger partial charge in [-0.2, -0.15) is 0 Å². The zero-order valence-corrected chi connectivity index (χ0v) is 11.2. The molecule has 1 amide bonds. The molecule has 0 radical (unpaired) electrons. The van der Waals surface area contributed by atoms with Crippen molar-refractivity contribution in [2.75, 3.05) is 32.8 Å². The number of nitrogens with zero attached hydrogens (tertiary/aromatic N) is 1. The van der Waals surface area contributed by atoms with E-state index in [9.17, 15) is 4.79 Å². The lowest BCUT2D eigenvalue weighted by molar-refractivity contribution is -0.125. The highest BCUT2D eigenvalue weighted by Crippen LogP contribution is 2.21. The first-order valence-corrected chi connectivity index (χ1v) is 6.26. The molecule has 1 fully saturated rings. The summed E-state index contributed by atoms with van der Waals surface area (Å²) in [5, 5.41) is 2.81. The summed E-state index contributed by atoms with van der Waals surface area (Å²) in [4.78, 5) is 14.0. The van der Waals surface area contributed by atoms with E-state index in [1.54, 1.807) is 0 Å². The Morgan fingerprint density at radius 1 is 1.53 bits per heavy atom. The molecule has 5 heteroatoms. The molecular formula is C12H25N3O2. The van der Waals surface area contributed by atoms with Crippen molar-refractivity contribution in [2.24, 2.45) is 5.73 Å². The van der Waals surface area contributed by atoms with Crippen LogP contribution in [0.5, 0.6) is 0 Å². The Bertz CT molecular complexity index is 251. The second-order valence-corrected chi connectivity index (χ2v) is 5.44. The summed E-state index contributed by atoms with van der Waals surface area (Å²) >= 11 is 0. The third kappa shape index (κ3) is 4.61. The number of amides is 1. The molecule has 0 aromatic rings. The maximum Gasteiger partial charge on any atom is 0.221 e. The van der Waals surface area contributed by atoms with Crippen LogP contribution in [-0.4, -0.2) is 55.2 Å². The highest BCUT2D eigenvalue weighted by Gasteiger charge is 2.32. The van der Waals surface area contributed by atoms with Gasteiger partial charge in [0.25, 0.3) is 0 Å². The minimum Gasteiger partial charge on any atom is -0.378 e. The highest BCUT2D eigenvalue weighted by atomic mass is 16.5. The molecule has 0 bridgehead atoms. The number of ether oxygens (including phenoxy) is 1. The van der Waals surface area contributed by atoms with E-state index in [-0.39, 0.29) is 17.5 Å². The lowest BCUT2D eigenvalue weighted by atomic mass is 10.00. The number of rotatable bonds is 4. The van der Waals surface area contributed by atoms with Gasteiger partial charge in [0.05, 0.1) is 13.2 Å². The SMILES string of the molecule is CC(C)(C)N1CCOCC1CC(=O)NCCN. The topological polar surface area (TPSA) is 67.6 Å². The molecule has 1 rings (SSSR count). The molecule has 1 aliphatic heterocycles. The summed E-state index contributed by atoms with van der Waals surface area (Å²) in [6, 6.07) is 0.168. The standard InChI is InChI=1S/C12H25N3O2/c1-12(2,3)15-6-7-17-9-10(15)8-11(16)14-5-4-13/h10H,4-9,13H2,1-3H3,(H,14,16). The Hall–Kier alpha value is -0.650. The first-order chi connectivity index (χ1) is 7.95. The van der Waals surface area contributed by atoms with Crippen LogP contribution in [0.15, 0.2) is 0 Å². The quantitative estimate of drug-likeness (QED) is 0.726. The zero-order chi connectivity index (χ0) is 12.9. The Morgan fingerprint density at radius 2 is 2.24 bits per heavy atom. The number of nitrogens with one attached hydrogen (secondary N) is 1. The van der Waals surface area contributed by atoms with Crippen LogP contribution in [0.2, 0.25) is 0 Å².